The van der Waals surface area contributed by atoms with Crippen molar-refractivity contribution >= 4 is 109 Å². The predicted octanol–water partition coefficient (Wildman–Crippen LogP) is 16.9. The fraction of sp³-hybridized carbons (Fsp3) is 0. The fourth-order valence-corrected chi connectivity index (χ4v) is 11.5. The van der Waals surface area contributed by atoms with Gasteiger partial charge in [0, 0.05) is 82.4 Å². The van der Waals surface area contributed by atoms with Crippen molar-refractivity contribution in [3.05, 3.63) is 224 Å². The molecule has 0 fully saturated rings. The van der Waals surface area contributed by atoms with E-state index < -0.39 is 0 Å². The first-order valence-corrected chi connectivity index (χ1v) is 24.0. The van der Waals surface area contributed by atoms with E-state index in [0.717, 1.165) is 116 Å². The third-order valence-electron chi connectivity index (χ3n) is 14.7. The Bertz CT molecular complexity index is 4700. The van der Waals surface area contributed by atoms with Gasteiger partial charge in [0.25, 0.3) is 0 Å². The van der Waals surface area contributed by atoms with Crippen LogP contribution in [-0.2, 0) is 0 Å². The van der Waals surface area contributed by atoms with Crippen molar-refractivity contribution in [1.29, 1.82) is 0 Å². The number of para-hydroxylation sites is 6. The summed E-state index contributed by atoms with van der Waals surface area (Å²) in [4.78, 5) is 10.9. The summed E-state index contributed by atoms with van der Waals surface area (Å²) in [7, 11) is 0. The summed E-state index contributed by atoms with van der Waals surface area (Å²) in [6.45, 7) is 0. The summed E-state index contributed by atoms with van der Waals surface area (Å²) in [5.41, 5.74) is 15.1. The van der Waals surface area contributed by atoms with Crippen molar-refractivity contribution in [1.82, 2.24) is 23.7 Å². The van der Waals surface area contributed by atoms with Crippen molar-refractivity contribution in [3.8, 4) is 39.8 Å². The maximum Gasteiger partial charge on any atom is 0.162 e. The summed E-state index contributed by atoms with van der Waals surface area (Å²) >= 11 is 0. The Kier molecular flexibility index (Phi) is 7.76. The Labute approximate surface area is 404 Å². The first kappa shape index (κ1) is 38.3. The van der Waals surface area contributed by atoms with Crippen LogP contribution < -0.4 is 0 Å². The summed E-state index contributed by atoms with van der Waals surface area (Å²) < 4.78 is 19.7. The number of hydrogen-bond acceptors (Lipinski definition) is 4. The number of hydrogen-bond donors (Lipinski definition) is 0. The van der Waals surface area contributed by atoms with Gasteiger partial charge in [0.2, 0.25) is 0 Å². The largest absolute Gasteiger partial charge is 0.456 e. The van der Waals surface area contributed by atoms with E-state index in [1.54, 1.807) is 0 Å². The topological polar surface area (TPSA) is 66.8 Å². The fourth-order valence-electron chi connectivity index (χ4n) is 11.5. The van der Waals surface area contributed by atoms with Gasteiger partial charge >= 0.3 is 0 Å². The Balaban J connectivity index is 0.920. The van der Waals surface area contributed by atoms with Gasteiger partial charge in [-0.05, 0) is 109 Å². The van der Waals surface area contributed by atoms with E-state index in [-0.39, 0.29) is 0 Å². The van der Waals surface area contributed by atoms with Crippen LogP contribution in [0.2, 0.25) is 0 Å². The highest BCUT2D eigenvalue weighted by molar-refractivity contribution is 6.19. The SMILES string of the molecule is c1ccc2c(c1)oc1ccc(-c3cc(-n4c5ccccc5c5cc6c(cc54)c4ccccc4n6-c4ccc(-n5c6ccccc6c6ccccc65)cc4)nc(-c4ccc5oc6ccccc6c5c4)n3)cc12. The van der Waals surface area contributed by atoms with E-state index in [1.165, 1.54) is 27.2 Å². The van der Waals surface area contributed by atoms with E-state index in [4.69, 9.17) is 18.8 Å². The molecule has 0 saturated heterocycles. The maximum atomic E-state index is 6.28. The average molecular weight is 908 g/mol. The van der Waals surface area contributed by atoms with Gasteiger partial charge in [0.1, 0.15) is 28.1 Å². The van der Waals surface area contributed by atoms with Crippen molar-refractivity contribution in [2.45, 2.75) is 0 Å². The molecule has 0 N–H and O–H groups in total. The van der Waals surface area contributed by atoms with Crippen LogP contribution in [0.1, 0.15) is 0 Å². The number of fused-ring (bicyclic) bond motifs is 15. The number of aromatic nitrogens is 5. The lowest BCUT2D eigenvalue weighted by molar-refractivity contribution is 0.668. The molecule has 6 aromatic heterocycles. The first-order valence-electron chi connectivity index (χ1n) is 24.0. The van der Waals surface area contributed by atoms with E-state index in [9.17, 15) is 0 Å². The Morgan fingerprint density at radius 3 is 1.20 bits per heavy atom. The van der Waals surface area contributed by atoms with Crippen molar-refractivity contribution < 1.29 is 8.83 Å². The highest BCUT2D eigenvalue weighted by Crippen LogP contribution is 2.42. The molecule has 0 amide bonds. The summed E-state index contributed by atoms with van der Waals surface area (Å²) in [6.07, 6.45) is 0. The minimum Gasteiger partial charge on any atom is -0.456 e. The van der Waals surface area contributed by atoms with E-state index in [1.807, 2.05) is 30.3 Å². The predicted molar refractivity (Wildman–Crippen MR) is 290 cm³/mol. The molecule has 0 radical (unpaired) electrons. The lowest BCUT2D eigenvalue weighted by atomic mass is 10.1. The summed E-state index contributed by atoms with van der Waals surface area (Å²) in [5, 5.41) is 11.3. The normalized spacial score (nSPS) is 12.2. The van der Waals surface area contributed by atoms with Gasteiger partial charge in [-0.15, -0.1) is 0 Å². The number of nitrogens with zero attached hydrogens (tertiary/aromatic N) is 5. The molecule has 10 aromatic carbocycles. The zero-order valence-corrected chi connectivity index (χ0v) is 37.9. The molecular formula is C64H37N5O2. The zero-order valence-electron chi connectivity index (χ0n) is 37.9. The maximum absolute atomic E-state index is 6.28. The second-order valence-corrected chi connectivity index (χ2v) is 18.5. The van der Waals surface area contributed by atoms with Gasteiger partial charge in [0.05, 0.1) is 38.8 Å². The molecule has 0 aliphatic heterocycles. The van der Waals surface area contributed by atoms with Gasteiger partial charge in [-0.25, -0.2) is 9.97 Å². The molecule has 7 heteroatoms. The Morgan fingerprint density at radius 2 is 0.662 bits per heavy atom. The molecule has 0 aliphatic carbocycles. The Morgan fingerprint density at radius 1 is 0.268 bits per heavy atom. The number of benzene rings is 10. The molecule has 0 atom stereocenters. The van der Waals surface area contributed by atoms with Crippen LogP contribution >= 0.6 is 0 Å². The first-order chi connectivity index (χ1) is 35.2. The Hall–Kier alpha value is -9.72. The molecular weight excluding hydrogens is 871 g/mol. The molecule has 7 nitrogen and oxygen atoms in total. The molecule has 330 valence electrons. The highest BCUT2D eigenvalue weighted by atomic mass is 16.3. The zero-order chi connectivity index (χ0) is 46.3. The van der Waals surface area contributed by atoms with Gasteiger partial charge in [-0.3, -0.25) is 4.57 Å². The van der Waals surface area contributed by atoms with Crippen LogP contribution in [0, 0.1) is 0 Å². The molecule has 0 unspecified atom stereocenters. The smallest absolute Gasteiger partial charge is 0.162 e. The van der Waals surface area contributed by atoms with E-state index >= 15 is 0 Å². The van der Waals surface area contributed by atoms with E-state index in [2.05, 4.69) is 208 Å². The van der Waals surface area contributed by atoms with Crippen LogP contribution in [0.4, 0.5) is 0 Å². The summed E-state index contributed by atoms with van der Waals surface area (Å²) in [6, 6.07) is 79.7. The molecule has 16 aromatic rings. The molecule has 71 heavy (non-hydrogen) atoms. The van der Waals surface area contributed by atoms with Crippen LogP contribution in [0.5, 0.6) is 0 Å². The molecule has 0 bridgehead atoms. The second kappa shape index (κ2) is 14.4. The average Bonchev–Trinajstić information content (AvgIpc) is 4.24. The van der Waals surface area contributed by atoms with Gasteiger partial charge in [0.15, 0.2) is 5.82 Å². The third-order valence-corrected chi connectivity index (χ3v) is 14.7. The minimum absolute atomic E-state index is 0.620. The van der Waals surface area contributed by atoms with E-state index in [0.29, 0.717) is 5.82 Å². The van der Waals surface area contributed by atoms with Crippen molar-refractivity contribution in [2.75, 3.05) is 0 Å². The van der Waals surface area contributed by atoms with Crippen molar-refractivity contribution in [2.24, 2.45) is 0 Å². The van der Waals surface area contributed by atoms with Gasteiger partial charge in [-0.2, -0.15) is 0 Å². The lowest BCUT2D eigenvalue weighted by Crippen LogP contribution is -2.02. The van der Waals surface area contributed by atoms with Crippen LogP contribution in [-0.4, -0.2) is 23.7 Å². The van der Waals surface area contributed by atoms with Crippen molar-refractivity contribution in [3.63, 3.8) is 0 Å². The highest BCUT2D eigenvalue weighted by Gasteiger charge is 2.22. The molecule has 0 saturated carbocycles. The molecule has 0 spiro atoms. The molecule has 16 rings (SSSR count). The monoisotopic (exact) mass is 907 g/mol. The minimum atomic E-state index is 0.620. The van der Waals surface area contributed by atoms with Crippen LogP contribution in [0.3, 0.4) is 0 Å². The van der Waals surface area contributed by atoms with Crippen LogP contribution in [0.25, 0.3) is 149 Å². The number of rotatable bonds is 5. The molecule has 0 aliphatic rings. The second-order valence-electron chi connectivity index (χ2n) is 18.5. The summed E-state index contributed by atoms with van der Waals surface area (Å²) in [5.74, 6) is 1.39. The van der Waals surface area contributed by atoms with Crippen LogP contribution in [0.15, 0.2) is 233 Å². The quantitative estimate of drug-likeness (QED) is 0.173. The standard InChI is InChI=1S/C64H37N5O2/c1-7-19-53-42(13-1)43-14-2-8-20-54(43)67(53)40-27-29-41(30-28-40)68-55-21-9-3-15-44(55)48-36-58-49(35-57(48)68)45-16-4-10-22-56(45)69(58)63-37-52(38-25-31-61-50(33-38)46-17-5-11-23-59(46)70-61)65-64(66-63)39-26-32-62-51(34-39)47-18-6-12-24-60(47)71-62/h1-37H. The lowest BCUT2D eigenvalue weighted by Gasteiger charge is -2.13. The third kappa shape index (κ3) is 5.54. The molecule has 6 heterocycles. The number of furan rings is 2. The van der Waals surface area contributed by atoms with Gasteiger partial charge < -0.3 is 18.0 Å². The van der Waals surface area contributed by atoms with Gasteiger partial charge in [-0.1, -0.05) is 109 Å².